The van der Waals surface area contributed by atoms with Crippen LogP contribution in [0.4, 0.5) is 5.69 Å². The van der Waals surface area contributed by atoms with Crippen LogP contribution in [-0.4, -0.2) is 37.0 Å². The van der Waals surface area contributed by atoms with Gasteiger partial charge in [0.2, 0.25) is 0 Å². The summed E-state index contributed by atoms with van der Waals surface area (Å²) < 4.78 is 0.747. The van der Waals surface area contributed by atoms with Crippen LogP contribution in [0.25, 0.3) is 0 Å². The molecule has 0 bridgehead atoms. The van der Waals surface area contributed by atoms with Crippen molar-refractivity contribution in [3.05, 3.63) is 38.3 Å². The third-order valence-corrected chi connectivity index (χ3v) is 4.47. The summed E-state index contributed by atoms with van der Waals surface area (Å²) in [4.78, 5) is 13.3. The summed E-state index contributed by atoms with van der Waals surface area (Å²) in [6.07, 6.45) is 2.24. The molecule has 6 heteroatoms. The monoisotopic (exact) mass is 341 g/mol. The Labute approximate surface area is 127 Å². The van der Waals surface area contributed by atoms with Gasteiger partial charge in [0.1, 0.15) is 0 Å². The highest BCUT2D eigenvalue weighted by molar-refractivity contribution is 9.10. The molecule has 0 aliphatic carbocycles. The Morgan fingerprint density at radius 1 is 1.55 bits per heavy atom. The average molecular weight is 342 g/mol. The van der Waals surface area contributed by atoms with Crippen molar-refractivity contribution in [2.75, 3.05) is 27.2 Å². The van der Waals surface area contributed by atoms with Crippen LogP contribution in [0.15, 0.2) is 22.7 Å². The van der Waals surface area contributed by atoms with E-state index < -0.39 is 0 Å². The minimum atomic E-state index is -0.279. The van der Waals surface area contributed by atoms with Gasteiger partial charge in [0, 0.05) is 22.1 Å². The van der Waals surface area contributed by atoms with Crippen molar-refractivity contribution in [2.24, 2.45) is 5.92 Å². The molecule has 1 saturated heterocycles. The largest absolute Gasteiger partial charge is 0.319 e. The number of nitro benzene ring substituents is 1. The zero-order valence-electron chi connectivity index (χ0n) is 11.8. The first-order valence-corrected chi connectivity index (χ1v) is 7.62. The first-order valence-electron chi connectivity index (χ1n) is 6.83. The molecule has 1 N–H and O–H groups in total. The molecule has 0 amide bonds. The summed E-state index contributed by atoms with van der Waals surface area (Å²) in [5, 5.41) is 14.6. The SMILES string of the molecule is CNCC1CCCN(C)C1c1ccc(Br)cc1[N+](=O)[O-]. The predicted molar refractivity (Wildman–Crippen MR) is 82.8 cm³/mol. The fourth-order valence-corrected chi connectivity index (χ4v) is 3.50. The number of benzene rings is 1. The third-order valence-electron chi connectivity index (χ3n) is 3.98. The Morgan fingerprint density at radius 3 is 2.95 bits per heavy atom. The second-order valence-electron chi connectivity index (χ2n) is 5.35. The molecule has 5 nitrogen and oxygen atoms in total. The molecule has 0 aromatic heterocycles. The molecular weight excluding hydrogens is 322 g/mol. The number of nitrogens with zero attached hydrogens (tertiary/aromatic N) is 2. The van der Waals surface area contributed by atoms with Gasteiger partial charge < -0.3 is 5.32 Å². The number of piperidine rings is 1. The topological polar surface area (TPSA) is 58.4 Å². The Hall–Kier alpha value is -0.980. The van der Waals surface area contributed by atoms with E-state index in [9.17, 15) is 10.1 Å². The van der Waals surface area contributed by atoms with Gasteiger partial charge in [-0.3, -0.25) is 15.0 Å². The van der Waals surface area contributed by atoms with Crippen molar-refractivity contribution in [1.82, 2.24) is 10.2 Å². The zero-order chi connectivity index (χ0) is 14.7. The van der Waals surface area contributed by atoms with E-state index in [-0.39, 0.29) is 16.7 Å². The normalized spacial score (nSPS) is 23.8. The van der Waals surface area contributed by atoms with E-state index in [0.29, 0.717) is 5.92 Å². The molecule has 2 atom stereocenters. The number of rotatable bonds is 4. The van der Waals surface area contributed by atoms with Crippen molar-refractivity contribution in [2.45, 2.75) is 18.9 Å². The van der Waals surface area contributed by atoms with E-state index in [1.807, 2.05) is 19.2 Å². The average Bonchev–Trinajstić information content (AvgIpc) is 2.40. The lowest BCUT2D eigenvalue weighted by atomic mass is 9.84. The number of hydrogen-bond donors (Lipinski definition) is 1. The zero-order valence-corrected chi connectivity index (χ0v) is 13.4. The maximum atomic E-state index is 11.3. The summed E-state index contributed by atoms with van der Waals surface area (Å²) in [5.41, 5.74) is 1.03. The van der Waals surface area contributed by atoms with Crippen molar-refractivity contribution < 1.29 is 4.92 Å². The van der Waals surface area contributed by atoms with Crippen molar-refractivity contribution in [3.63, 3.8) is 0 Å². The first-order chi connectivity index (χ1) is 9.54. The van der Waals surface area contributed by atoms with Crippen LogP contribution >= 0.6 is 15.9 Å². The van der Waals surface area contributed by atoms with E-state index in [0.717, 1.165) is 36.0 Å². The Balaban J connectivity index is 2.43. The molecule has 0 saturated carbocycles. The van der Waals surface area contributed by atoms with Gasteiger partial charge >= 0.3 is 0 Å². The molecule has 1 aliphatic heterocycles. The van der Waals surface area contributed by atoms with Crippen LogP contribution < -0.4 is 5.32 Å². The Morgan fingerprint density at radius 2 is 2.30 bits per heavy atom. The Kier molecular flexibility index (Phi) is 5.12. The van der Waals surface area contributed by atoms with Gasteiger partial charge in [0.25, 0.3) is 5.69 Å². The van der Waals surface area contributed by atoms with Crippen LogP contribution in [0.3, 0.4) is 0 Å². The van der Waals surface area contributed by atoms with E-state index in [2.05, 4.69) is 33.2 Å². The molecule has 1 aliphatic rings. The summed E-state index contributed by atoms with van der Waals surface area (Å²) >= 11 is 3.32. The molecule has 20 heavy (non-hydrogen) atoms. The quantitative estimate of drug-likeness (QED) is 0.675. The molecule has 2 rings (SSSR count). The molecule has 1 aromatic rings. The lowest BCUT2D eigenvalue weighted by Crippen LogP contribution is -2.40. The second kappa shape index (κ2) is 6.65. The second-order valence-corrected chi connectivity index (χ2v) is 6.26. The van der Waals surface area contributed by atoms with Gasteiger partial charge in [-0.05, 0) is 58.1 Å². The maximum absolute atomic E-state index is 11.3. The Bertz CT molecular complexity index is 493. The molecule has 1 heterocycles. The minimum Gasteiger partial charge on any atom is -0.319 e. The fourth-order valence-electron chi connectivity index (χ4n) is 3.15. The predicted octanol–water partition coefficient (Wildman–Crippen LogP) is 2.96. The highest BCUT2D eigenvalue weighted by Crippen LogP contribution is 2.39. The highest BCUT2D eigenvalue weighted by Gasteiger charge is 2.34. The lowest BCUT2D eigenvalue weighted by molar-refractivity contribution is -0.386. The van der Waals surface area contributed by atoms with E-state index in [1.54, 1.807) is 6.07 Å². The summed E-state index contributed by atoms with van der Waals surface area (Å²) in [5.74, 6) is 0.402. The van der Waals surface area contributed by atoms with E-state index in [1.165, 1.54) is 0 Å². The van der Waals surface area contributed by atoms with Crippen LogP contribution in [0.5, 0.6) is 0 Å². The van der Waals surface area contributed by atoms with Crippen LogP contribution in [0.1, 0.15) is 24.4 Å². The van der Waals surface area contributed by atoms with Gasteiger partial charge in [-0.2, -0.15) is 0 Å². The number of hydrogen-bond acceptors (Lipinski definition) is 4. The fraction of sp³-hybridized carbons (Fsp3) is 0.571. The molecule has 0 radical (unpaired) electrons. The van der Waals surface area contributed by atoms with Gasteiger partial charge in [-0.15, -0.1) is 0 Å². The molecule has 110 valence electrons. The maximum Gasteiger partial charge on any atom is 0.275 e. The molecule has 1 fully saturated rings. The summed E-state index contributed by atoms with van der Waals surface area (Å²) in [6.45, 7) is 1.86. The minimum absolute atomic E-state index is 0.102. The number of halogens is 1. The van der Waals surface area contributed by atoms with E-state index >= 15 is 0 Å². The van der Waals surface area contributed by atoms with Crippen molar-refractivity contribution in [1.29, 1.82) is 0 Å². The van der Waals surface area contributed by atoms with Crippen molar-refractivity contribution in [3.8, 4) is 0 Å². The first kappa shape index (κ1) is 15.4. The van der Waals surface area contributed by atoms with Gasteiger partial charge in [-0.1, -0.05) is 15.9 Å². The lowest BCUT2D eigenvalue weighted by Gasteiger charge is -2.39. The number of nitro groups is 1. The van der Waals surface area contributed by atoms with Gasteiger partial charge in [0.05, 0.1) is 4.92 Å². The number of nitrogens with one attached hydrogen (secondary N) is 1. The smallest absolute Gasteiger partial charge is 0.275 e. The molecular formula is C14H20BrN3O2. The van der Waals surface area contributed by atoms with Crippen LogP contribution in [0, 0.1) is 16.0 Å². The van der Waals surface area contributed by atoms with E-state index in [4.69, 9.17) is 0 Å². The highest BCUT2D eigenvalue weighted by atomic mass is 79.9. The summed E-state index contributed by atoms with van der Waals surface area (Å²) in [6, 6.07) is 5.48. The molecule has 1 aromatic carbocycles. The van der Waals surface area contributed by atoms with Crippen LogP contribution in [0.2, 0.25) is 0 Å². The van der Waals surface area contributed by atoms with Gasteiger partial charge in [-0.25, -0.2) is 0 Å². The van der Waals surface area contributed by atoms with Crippen molar-refractivity contribution >= 4 is 21.6 Å². The standard InChI is InChI=1S/C14H20BrN3O2/c1-16-9-10-4-3-7-17(2)14(10)12-6-5-11(15)8-13(12)18(19)20/h5-6,8,10,14,16H,3-4,7,9H2,1-2H3. The summed E-state index contributed by atoms with van der Waals surface area (Å²) in [7, 11) is 3.99. The third kappa shape index (κ3) is 3.19. The van der Waals surface area contributed by atoms with Crippen LogP contribution in [-0.2, 0) is 0 Å². The number of likely N-dealkylation sites (tertiary alicyclic amines) is 1. The van der Waals surface area contributed by atoms with Gasteiger partial charge in [0.15, 0.2) is 0 Å². The molecule has 0 spiro atoms. The molecule has 2 unspecified atom stereocenters.